The van der Waals surface area contributed by atoms with Gasteiger partial charge in [-0.1, -0.05) is 0 Å². The summed E-state index contributed by atoms with van der Waals surface area (Å²) in [4.78, 5) is 15.0. The van der Waals surface area contributed by atoms with Crippen LogP contribution in [0.25, 0.3) is 0 Å². The third-order valence-corrected chi connectivity index (χ3v) is 6.63. The van der Waals surface area contributed by atoms with Crippen LogP contribution in [0, 0.1) is 11.8 Å². The minimum Gasteiger partial charge on any atom is -0.486 e. The second kappa shape index (κ2) is 9.56. The fourth-order valence-corrected chi connectivity index (χ4v) is 5.02. The van der Waals surface area contributed by atoms with E-state index in [1.54, 1.807) is 0 Å². The molecule has 1 atom stereocenters. The summed E-state index contributed by atoms with van der Waals surface area (Å²) in [6.45, 7) is 9.96. The Morgan fingerprint density at radius 3 is 2.60 bits per heavy atom. The number of fused-ring (bicyclic) bond motifs is 1. The van der Waals surface area contributed by atoms with Gasteiger partial charge in [-0.3, -0.25) is 4.79 Å². The van der Waals surface area contributed by atoms with Gasteiger partial charge in [-0.05, 0) is 83.0 Å². The molecule has 1 amide bonds. The van der Waals surface area contributed by atoms with E-state index in [-0.39, 0.29) is 11.5 Å². The number of hydrogen-bond donors (Lipinski definition) is 1. The van der Waals surface area contributed by atoms with Gasteiger partial charge in [-0.15, -0.1) is 0 Å². The Bertz CT molecular complexity index is 728. The first kappa shape index (κ1) is 21.4. The van der Waals surface area contributed by atoms with Crippen molar-refractivity contribution in [3.05, 3.63) is 18.2 Å². The number of benzene rings is 1. The van der Waals surface area contributed by atoms with Crippen LogP contribution in [0.2, 0.25) is 0 Å². The van der Waals surface area contributed by atoms with Crippen LogP contribution in [0.15, 0.2) is 18.2 Å². The number of amides is 1. The highest BCUT2D eigenvalue weighted by atomic mass is 16.6. The van der Waals surface area contributed by atoms with E-state index in [0.29, 0.717) is 31.3 Å². The summed E-state index contributed by atoms with van der Waals surface area (Å²) >= 11 is 0. The van der Waals surface area contributed by atoms with Crippen LogP contribution in [-0.4, -0.2) is 55.9 Å². The van der Waals surface area contributed by atoms with Crippen molar-refractivity contribution in [3.8, 4) is 11.5 Å². The molecule has 2 saturated heterocycles. The van der Waals surface area contributed by atoms with E-state index in [0.717, 1.165) is 49.9 Å². The molecule has 0 bridgehead atoms. The zero-order valence-corrected chi connectivity index (χ0v) is 18.5. The molecule has 4 rings (SSSR count). The van der Waals surface area contributed by atoms with E-state index in [1.165, 1.54) is 25.8 Å². The highest BCUT2D eigenvalue weighted by Crippen LogP contribution is 2.33. The Balaban J connectivity index is 1.15. The van der Waals surface area contributed by atoms with Gasteiger partial charge in [0.05, 0.1) is 5.60 Å². The molecule has 6 nitrogen and oxygen atoms in total. The Labute approximate surface area is 180 Å². The van der Waals surface area contributed by atoms with Crippen molar-refractivity contribution in [2.75, 3.05) is 44.8 Å². The molecule has 166 valence electrons. The fourth-order valence-electron chi connectivity index (χ4n) is 5.02. The molecule has 6 heteroatoms. The number of rotatable bonds is 6. The normalized spacial score (nSPS) is 24.4. The Kier molecular flexibility index (Phi) is 6.84. The number of hydrogen-bond acceptors (Lipinski definition) is 5. The molecule has 0 aliphatic carbocycles. The van der Waals surface area contributed by atoms with Gasteiger partial charge in [0.2, 0.25) is 5.91 Å². The maximum absolute atomic E-state index is 12.4. The summed E-state index contributed by atoms with van der Waals surface area (Å²) < 4.78 is 17.0. The fraction of sp³-hybridized carbons (Fsp3) is 0.708. The molecular formula is C24H36N2O4. The monoisotopic (exact) mass is 416 g/mol. The van der Waals surface area contributed by atoms with Gasteiger partial charge < -0.3 is 24.4 Å². The molecule has 1 aromatic carbocycles. The molecule has 0 aromatic heterocycles. The van der Waals surface area contributed by atoms with Gasteiger partial charge in [0.1, 0.15) is 13.2 Å². The average Bonchev–Trinajstić information content (AvgIpc) is 2.72. The lowest BCUT2D eigenvalue weighted by Crippen LogP contribution is -2.42. The van der Waals surface area contributed by atoms with Crippen LogP contribution < -0.4 is 14.8 Å². The molecule has 0 spiro atoms. The van der Waals surface area contributed by atoms with E-state index in [2.05, 4.69) is 24.1 Å². The average molecular weight is 417 g/mol. The highest BCUT2D eigenvalue weighted by molar-refractivity contribution is 5.91. The number of nitrogens with zero attached hydrogens (tertiary/aromatic N) is 1. The van der Waals surface area contributed by atoms with Crippen LogP contribution >= 0.6 is 0 Å². The molecule has 0 saturated carbocycles. The van der Waals surface area contributed by atoms with Crippen molar-refractivity contribution < 1.29 is 19.0 Å². The number of anilines is 1. The van der Waals surface area contributed by atoms with E-state index >= 15 is 0 Å². The Morgan fingerprint density at radius 1 is 1.07 bits per heavy atom. The molecule has 3 aliphatic heterocycles. The predicted molar refractivity (Wildman–Crippen MR) is 117 cm³/mol. The number of ether oxygens (including phenoxy) is 3. The minimum atomic E-state index is 0.0335. The zero-order chi connectivity index (χ0) is 21.0. The number of carbonyl (C=O) groups is 1. The minimum absolute atomic E-state index is 0.0335. The quantitative estimate of drug-likeness (QED) is 0.757. The maximum Gasteiger partial charge on any atom is 0.224 e. The number of likely N-dealkylation sites (tertiary alicyclic amines) is 1. The van der Waals surface area contributed by atoms with Crippen LogP contribution in [0.4, 0.5) is 5.69 Å². The standard InChI is InChI=1S/C24H36N2O4/c1-24(2)16-19(9-12-30-24)17-26-10-7-18(8-11-26)3-6-23(27)25-20-4-5-21-22(15-20)29-14-13-28-21/h4-5,15,18-19H,3,6-14,16-17H2,1-2H3,(H,25,27). The molecule has 2 fully saturated rings. The first-order valence-electron chi connectivity index (χ1n) is 11.5. The van der Waals surface area contributed by atoms with Crippen molar-refractivity contribution in [2.45, 2.75) is 58.0 Å². The summed E-state index contributed by atoms with van der Waals surface area (Å²) in [5, 5.41) is 3.01. The molecule has 30 heavy (non-hydrogen) atoms. The Morgan fingerprint density at radius 2 is 1.83 bits per heavy atom. The van der Waals surface area contributed by atoms with Crippen LogP contribution in [0.5, 0.6) is 11.5 Å². The lowest BCUT2D eigenvalue weighted by molar-refractivity contribution is -0.116. The van der Waals surface area contributed by atoms with Crippen molar-refractivity contribution >= 4 is 11.6 Å². The van der Waals surface area contributed by atoms with Gasteiger partial charge in [-0.25, -0.2) is 0 Å². The molecular weight excluding hydrogens is 380 g/mol. The maximum atomic E-state index is 12.4. The molecule has 1 N–H and O–H groups in total. The molecule has 1 aromatic rings. The summed E-state index contributed by atoms with van der Waals surface area (Å²) in [7, 11) is 0. The lowest BCUT2D eigenvalue weighted by Gasteiger charge is -2.39. The first-order chi connectivity index (χ1) is 14.5. The third-order valence-electron chi connectivity index (χ3n) is 6.63. The summed E-state index contributed by atoms with van der Waals surface area (Å²) in [6.07, 6.45) is 6.28. The topological polar surface area (TPSA) is 60.0 Å². The van der Waals surface area contributed by atoms with Crippen molar-refractivity contribution in [3.63, 3.8) is 0 Å². The van der Waals surface area contributed by atoms with Crippen molar-refractivity contribution in [2.24, 2.45) is 11.8 Å². The smallest absolute Gasteiger partial charge is 0.224 e. The number of nitrogens with one attached hydrogen (secondary N) is 1. The summed E-state index contributed by atoms with van der Waals surface area (Å²) in [5.41, 5.74) is 0.810. The van der Waals surface area contributed by atoms with Gasteiger partial charge in [0.15, 0.2) is 11.5 Å². The number of piperidine rings is 1. The SMILES string of the molecule is CC1(C)CC(CN2CCC(CCC(=O)Nc3ccc4c(c3)OCCO4)CC2)CCO1. The van der Waals surface area contributed by atoms with E-state index in [4.69, 9.17) is 14.2 Å². The van der Waals surface area contributed by atoms with Crippen LogP contribution in [0.1, 0.15) is 52.4 Å². The van der Waals surface area contributed by atoms with Crippen LogP contribution in [0.3, 0.4) is 0 Å². The highest BCUT2D eigenvalue weighted by Gasteiger charge is 2.30. The van der Waals surface area contributed by atoms with Gasteiger partial charge in [0.25, 0.3) is 0 Å². The van der Waals surface area contributed by atoms with E-state index < -0.39 is 0 Å². The molecule has 3 aliphatic rings. The first-order valence-corrected chi connectivity index (χ1v) is 11.5. The molecule has 1 unspecified atom stereocenters. The van der Waals surface area contributed by atoms with Gasteiger partial charge >= 0.3 is 0 Å². The molecule has 3 heterocycles. The van der Waals surface area contributed by atoms with E-state index in [1.807, 2.05) is 18.2 Å². The van der Waals surface area contributed by atoms with Crippen molar-refractivity contribution in [1.82, 2.24) is 4.90 Å². The third kappa shape index (κ3) is 5.88. The van der Waals surface area contributed by atoms with Crippen molar-refractivity contribution in [1.29, 1.82) is 0 Å². The van der Waals surface area contributed by atoms with E-state index in [9.17, 15) is 4.79 Å². The Hall–Kier alpha value is -1.79. The molecule has 0 radical (unpaired) electrons. The van der Waals surface area contributed by atoms with Gasteiger partial charge in [-0.2, -0.15) is 0 Å². The zero-order valence-electron chi connectivity index (χ0n) is 18.5. The summed E-state index contributed by atoms with van der Waals surface area (Å²) in [6, 6.07) is 5.59. The van der Waals surface area contributed by atoms with Gasteiger partial charge in [0, 0.05) is 31.3 Å². The largest absolute Gasteiger partial charge is 0.486 e. The predicted octanol–water partition coefficient (Wildman–Crippen LogP) is 4.09. The number of carbonyl (C=O) groups excluding carboxylic acids is 1. The summed E-state index contributed by atoms with van der Waals surface area (Å²) in [5.74, 6) is 2.94. The second-order valence-corrected chi connectivity index (χ2v) is 9.66. The van der Waals surface area contributed by atoms with Crippen LogP contribution in [-0.2, 0) is 9.53 Å². The lowest BCUT2D eigenvalue weighted by atomic mass is 9.86. The second-order valence-electron chi connectivity index (χ2n) is 9.66.